The van der Waals surface area contributed by atoms with Crippen LogP contribution in [0.4, 0.5) is 4.39 Å². The molecule has 2 rings (SSSR count). The number of hydrogen-bond acceptors (Lipinski definition) is 5. The van der Waals surface area contributed by atoms with Gasteiger partial charge in [0.25, 0.3) is 0 Å². The highest BCUT2D eigenvalue weighted by molar-refractivity contribution is 6.35. The van der Waals surface area contributed by atoms with Crippen LogP contribution in [0.15, 0.2) is 47.6 Å². The van der Waals surface area contributed by atoms with Crippen LogP contribution >= 0.6 is 0 Å². The number of hydrazone groups is 1. The maximum atomic E-state index is 13.8. The molecule has 7 nitrogen and oxygen atoms in total. The fourth-order valence-electron chi connectivity index (χ4n) is 2.36. The van der Waals surface area contributed by atoms with Crippen molar-refractivity contribution in [1.82, 2.24) is 10.7 Å². The number of benzene rings is 2. The maximum absolute atomic E-state index is 13.8. The molecule has 2 aromatic carbocycles. The highest BCUT2D eigenvalue weighted by Gasteiger charge is 2.12. The summed E-state index contributed by atoms with van der Waals surface area (Å²) in [6.45, 7) is 6.55. The molecule has 2 N–H and O–H groups in total. The van der Waals surface area contributed by atoms with Crippen LogP contribution in [0.5, 0.6) is 11.5 Å². The normalized spacial score (nSPS) is 10.8. The first kappa shape index (κ1) is 22.9. The van der Waals surface area contributed by atoms with Gasteiger partial charge >= 0.3 is 11.8 Å². The number of nitrogens with zero attached hydrogens (tertiary/aromatic N) is 1. The largest absolute Gasteiger partial charge is 0.490 e. The molecule has 0 aliphatic rings. The van der Waals surface area contributed by atoms with Crippen LogP contribution in [0.25, 0.3) is 0 Å². The van der Waals surface area contributed by atoms with Gasteiger partial charge in [-0.25, -0.2) is 9.82 Å². The van der Waals surface area contributed by atoms with E-state index < -0.39 is 11.8 Å². The van der Waals surface area contributed by atoms with Crippen molar-refractivity contribution in [1.29, 1.82) is 0 Å². The summed E-state index contributed by atoms with van der Waals surface area (Å²) < 4.78 is 25.0. The molecule has 0 bridgehead atoms. The molecule has 160 valence electrons. The fraction of sp³-hybridized carbons (Fsp3) is 0.318. The van der Waals surface area contributed by atoms with E-state index in [1.54, 1.807) is 36.4 Å². The Morgan fingerprint density at radius 1 is 1.10 bits per heavy atom. The summed E-state index contributed by atoms with van der Waals surface area (Å²) in [6.07, 6.45) is 1.39. The molecule has 0 aliphatic carbocycles. The molecule has 0 unspecified atom stereocenters. The van der Waals surface area contributed by atoms with Gasteiger partial charge in [-0.3, -0.25) is 9.59 Å². The highest BCUT2D eigenvalue weighted by Crippen LogP contribution is 2.29. The third-order valence-electron chi connectivity index (χ3n) is 3.87. The lowest BCUT2D eigenvalue weighted by atomic mass is 10.2. The van der Waals surface area contributed by atoms with Gasteiger partial charge in [0.15, 0.2) is 11.5 Å². The van der Waals surface area contributed by atoms with Crippen LogP contribution in [0.1, 0.15) is 31.9 Å². The number of ether oxygens (including phenoxy) is 2. The van der Waals surface area contributed by atoms with Gasteiger partial charge in [-0.05, 0) is 42.7 Å². The Labute approximate surface area is 175 Å². The summed E-state index contributed by atoms with van der Waals surface area (Å²) in [5.41, 5.74) is 3.24. The zero-order chi connectivity index (χ0) is 21.9. The van der Waals surface area contributed by atoms with Crippen LogP contribution in [-0.2, 0) is 16.2 Å². The molecule has 0 atom stereocenters. The first-order valence-corrected chi connectivity index (χ1v) is 9.65. The summed E-state index contributed by atoms with van der Waals surface area (Å²) >= 11 is 0. The monoisotopic (exact) mass is 415 g/mol. The molecular weight excluding hydrogens is 389 g/mol. The van der Waals surface area contributed by atoms with Gasteiger partial charge in [0.1, 0.15) is 12.4 Å². The Bertz CT molecular complexity index is 900. The number of hydrogen-bond donors (Lipinski definition) is 2. The quantitative estimate of drug-likeness (QED) is 0.374. The second-order valence-corrected chi connectivity index (χ2v) is 6.82. The van der Waals surface area contributed by atoms with E-state index >= 15 is 0 Å². The van der Waals surface area contributed by atoms with Crippen LogP contribution < -0.4 is 20.2 Å². The van der Waals surface area contributed by atoms with Crippen molar-refractivity contribution < 1.29 is 23.5 Å². The lowest BCUT2D eigenvalue weighted by Gasteiger charge is -2.13. The molecule has 0 saturated heterocycles. The molecule has 2 amide bonds. The molecular formula is C22H26FN3O4. The number of halogens is 1. The summed E-state index contributed by atoms with van der Waals surface area (Å²) in [4.78, 5) is 23.3. The molecule has 0 saturated carbocycles. The molecule has 0 spiro atoms. The Hall–Kier alpha value is -3.42. The Balaban J connectivity index is 1.99. The van der Waals surface area contributed by atoms with Crippen molar-refractivity contribution >= 4 is 18.0 Å². The van der Waals surface area contributed by atoms with Gasteiger partial charge in [0.2, 0.25) is 0 Å². The second-order valence-electron chi connectivity index (χ2n) is 6.82. The molecule has 0 fully saturated rings. The molecule has 0 heterocycles. The predicted molar refractivity (Wildman–Crippen MR) is 112 cm³/mol. The maximum Gasteiger partial charge on any atom is 0.329 e. The zero-order valence-corrected chi connectivity index (χ0v) is 17.3. The van der Waals surface area contributed by atoms with Gasteiger partial charge in [-0.2, -0.15) is 5.10 Å². The minimum absolute atomic E-state index is 0.0573. The minimum Gasteiger partial charge on any atom is -0.490 e. The van der Waals surface area contributed by atoms with E-state index in [0.29, 0.717) is 35.8 Å². The van der Waals surface area contributed by atoms with Crippen LogP contribution in [0, 0.1) is 11.7 Å². The number of rotatable bonds is 9. The predicted octanol–water partition coefficient (Wildman–Crippen LogP) is 3.03. The third kappa shape index (κ3) is 7.20. The highest BCUT2D eigenvalue weighted by atomic mass is 19.1. The SMILES string of the molecule is CCOc1cc(/C=N\NC(=O)C(=O)NCC(C)C)ccc1OCc1ccccc1F. The Morgan fingerprint density at radius 2 is 1.87 bits per heavy atom. The topological polar surface area (TPSA) is 89.0 Å². The summed E-state index contributed by atoms with van der Waals surface area (Å²) in [5, 5.41) is 6.30. The summed E-state index contributed by atoms with van der Waals surface area (Å²) in [5.74, 6) is -0.781. The number of amides is 2. The van der Waals surface area contributed by atoms with Gasteiger partial charge in [-0.15, -0.1) is 0 Å². The molecule has 8 heteroatoms. The van der Waals surface area contributed by atoms with Crippen LogP contribution in [-0.4, -0.2) is 31.2 Å². The van der Waals surface area contributed by atoms with E-state index in [1.807, 2.05) is 20.8 Å². The van der Waals surface area contributed by atoms with E-state index in [4.69, 9.17) is 9.47 Å². The number of carbonyl (C=O) groups excluding carboxylic acids is 2. The number of carbonyl (C=O) groups is 2. The van der Waals surface area contributed by atoms with E-state index in [2.05, 4.69) is 15.8 Å². The molecule has 2 aromatic rings. The van der Waals surface area contributed by atoms with Crippen molar-refractivity contribution in [2.75, 3.05) is 13.2 Å². The fourth-order valence-corrected chi connectivity index (χ4v) is 2.36. The van der Waals surface area contributed by atoms with Crippen molar-refractivity contribution in [2.45, 2.75) is 27.4 Å². The number of nitrogens with one attached hydrogen (secondary N) is 2. The Morgan fingerprint density at radius 3 is 2.57 bits per heavy atom. The van der Waals surface area contributed by atoms with Crippen molar-refractivity contribution in [3.8, 4) is 11.5 Å². The average Bonchev–Trinajstić information content (AvgIpc) is 2.72. The minimum atomic E-state index is -0.846. The van der Waals surface area contributed by atoms with Gasteiger partial charge in [0, 0.05) is 12.1 Å². The van der Waals surface area contributed by atoms with Gasteiger partial charge in [0.05, 0.1) is 12.8 Å². The molecule has 30 heavy (non-hydrogen) atoms. The first-order valence-electron chi connectivity index (χ1n) is 9.65. The Kier molecular flexibility index (Phi) is 8.80. The van der Waals surface area contributed by atoms with Crippen molar-refractivity contribution in [3.63, 3.8) is 0 Å². The molecule has 0 aliphatic heterocycles. The lowest BCUT2D eigenvalue weighted by molar-refractivity contribution is -0.139. The standard InChI is InChI=1S/C22H26FN3O4/c1-4-29-20-11-16(13-25-26-22(28)21(27)24-12-15(2)3)9-10-19(20)30-14-17-7-5-6-8-18(17)23/h5-11,13,15H,4,12,14H2,1-3H3,(H,24,27)(H,26,28)/b25-13-. The van der Waals surface area contributed by atoms with Crippen LogP contribution in [0.3, 0.4) is 0 Å². The van der Waals surface area contributed by atoms with E-state index in [1.165, 1.54) is 12.3 Å². The third-order valence-corrected chi connectivity index (χ3v) is 3.87. The smallest absolute Gasteiger partial charge is 0.329 e. The van der Waals surface area contributed by atoms with Crippen LogP contribution in [0.2, 0.25) is 0 Å². The second kappa shape index (κ2) is 11.5. The molecule has 0 radical (unpaired) electrons. The first-order chi connectivity index (χ1) is 14.4. The average molecular weight is 415 g/mol. The zero-order valence-electron chi connectivity index (χ0n) is 17.3. The summed E-state index contributed by atoms with van der Waals surface area (Å²) in [6, 6.07) is 11.4. The van der Waals surface area contributed by atoms with E-state index in [0.717, 1.165) is 0 Å². The summed E-state index contributed by atoms with van der Waals surface area (Å²) in [7, 11) is 0. The van der Waals surface area contributed by atoms with E-state index in [9.17, 15) is 14.0 Å². The molecule has 0 aromatic heterocycles. The van der Waals surface area contributed by atoms with Gasteiger partial charge in [-0.1, -0.05) is 32.0 Å². The lowest BCUT2D eigenvalue weighted by Crippen LogP contribution is -2.39. The van der Waals surface area contributed by atoms with Crippen molar-refractivity contribution in [3.05, 3.63) is 59.4 Å². The van der Waals surface area contributed by atoms with E-state index in [-0.39, 0.29) is 18.3 Å². The van der Waals surface area contributed by atoms with Crippen molar-refractivity contribution in [2.24, 2.45) is 11.0 Å². The van der Waals surface area contributed by atoms with Gasteiger partial charge < -0.3 is 14.8 Å².